The molecule has 0 atom stereocenters. The third-order valence-electron chi connectivity index (χ3n) is 6.53. The largest absolute Gasteiger partial charge is 0.354 e. The van der Waals surface area contributed by atoms with Crippen molar-refractivity contribution in [1.82, 2.24) is 9.55 Å². The molecule has 0 unspecified atom stereocenters. The summed E-state index contributed by atoms with van der Waals surface area (Å²) in [6.45, 7) is 0. The number of aromatic nitrogens is 2. The van der Waals surface area contributed by atoms with Crippen LogP contribution in [-0.4, -0.2) is 9.55 Å². The van der Waals surface area contributed by atoms with Gasteiger partial charge in [0, 0.05) is 32.6 Å². The Morgan fingerprint density at radius 1 is 0.469 bits per heavy atom. The minimum atomic E-state index is 1.16. The fraction of sp³-hybridized carbons (Fsp3) is 0. The number of nitrogens with zero attached hydrogens (tertiary/aromatic N) is 1. The van der Waals surface area contributed by atoms with Gasteiger partial charge in [-0.25, -0.2) is 0 Å². The lowest BCUT2D eigenvalue weighted by molar-refractivity contribution is 1.20. The smallest absolute Gasteiger partial charge is 0.0562 e. The molecule has 0 spiro atoms. The van der Waals surface area contributed by atoms with Crippen LogP contribution in [0, 0.1) is 0 Å². The molecule has 0 aliphatic heterocycles. The molecule has 7 aromatic rings. The number of benzene rings is 5. The highest BCUT2D eigenvalue weighted by atomic mass is 15.0. The summed E-state index contributed by atoms with van der Waals surface area (Å²) in [5.41, 5.74) is 8.45. The number of para-hydroxylation sites is 2. The number of hydrogen-bond acceptors (Lipinski definition) is 0. The van der Waals surface area contributed by atoms with Gasteiger partial charge in [-0.15, -0.1) is 0 Å². The van der Waals surface area contributed by atoms with Gasteiger partial charge in [-0.05, 0) is 47.5 Å². The molecule has 2 heterocycles. The van der Waals surface area contributed by atoms with E-state index >= 15 is 0 Å². The van der Waals surface area contributed by atoms with Gasteiger partial charge in [-0.3, -0.25) is 0 Å². The second-order valence-electron chi connectivity index (χ2n) is 8.32. The van der Waals surface area contributed by atoms with Gasteiger partial charge in [0.25, 0.3) is 0 Å². The van der Waals surface area contributed by atoms with E-state index < -0.39 is 0 Å². The van der Waals surface area contributed by atoms with Crippen LogP contribution < -0.4 is 0 Å². The van der Waals surface area contributed by atoms with Crippen molar-refractivity contribution in [2.45, 2.75) is 0 Å². The van der Waals surface area contributed by atoms with E-state index in [4.69, 9.17) is 0 Å². The molecule has 0 fully saturated rings. The fourth-order valence-electron chi connectivity index (χ4n) is 5.11. The first kappa shape index (κ1) is 17.4. The zero-order chi connectivity index (χ0) is 21.1. The molecule has 2 aromatic heterocycles. The van der Waals surface area contributed by atoms with Crippen LogP contribution in [0.25, 0.3) is 60.4 Å². The molecule has 2 heteroatoms. The molecule has 5 aromatic carbocycles. The molecule has 150 valence electrons. The van der Waals surface area contributed by atoms with Gasteiger partial charge in [0.1, 0.15) is 0 Å². The van der Waals surface area contributed by atoms with Crippen molar-refractivity contribution in [2.75, 3.05) is 0 Å². The number of fused-ring (bicyclic) bond motifs is 6. The van der Waals surface area contributed by atoms with E-state index in [0.29, 0.717) is 0 Å². The Morgan fingerprint density at radius 2 is 1.16 bits per heavy atom. The zero-order valence-corrected chi connectivity index (χ0v) is 17.4. The van der Waals surface area contributed by atoms with Crippen LogP contribution in [0.2, 0.25) is 0 Å². The van der Waals surface area contributed by atoms with Gasteiger partial charge in [0.2, 0.25) is 0 Å². The second kappa shape index (κ2) is 6.60. The number of hydrogen-bond donors (Lipinski definition) is 1. The average molecular weight is 409 g/mol. The number of rotatable bonds is 2. The molecule has 0 aliphatic rings. The van der Waals surface area contributed by atoms with E-state index in [2.05, 4.69) is 125 Å². The summed E-state index contributed by atoms with van der Waals surface area (Å²) in [5, 5.41) is 5.07. The molecule has 0 amide bonds. The van der Waals surface area contributed by atoms with Crippen molar-refractivity contribution in [3.05, 3.63) is 115 Å². The van der Waals surface area contributed by atoms with E-state index in [1.165, 1.54) is 49.4 Å². The maximum atomic E-state index is 3.64. The van der Waals surface area contributed by atoms with E-state index in [-0.39, 0.29) is 0 Å². The maximum Gasteiger partial charge on any atom is 0.0562 e. The summed E-state index contributed by atoms with van der Waals surface area (Å²) < 4.78 is 2.41. The molecular weight excluding hydrogens is 388 g/mol. The van der Waals surface area contributed by atoms with Gasteiger partial charge < -0.3 is 9.55 Å². The average Bonchev–Trinajstić information content (AvgIpc) is 3.40. The first-order chi connectivity index (χ1) is 15.9. The maximum absolute atomic E-state index is 3.64. The highest BCUT2D eigenvalue weighted by molar-refractivity contribution is 6.15. The molecule has 0 bridgehead atoms. The Bertz CT molecular complexity index is 1710. The summed E-state index contributed by atoms with van der Waals surface area (Å²) in [7, 11) is 0. The Hall–Kier alpha value is -4.30. The quantitative estimate of drug-likeness (QED) is 0.298. The lowest BCUT2D eigenvalue weighted by atomic mass is 10.0. The monoisotopic (exact) mass is 408 g/mol. The van der Waals surface area contributed by atoms with Gasteiger partial charge in [-0.1, -0.05) is 78.9 Å². The zero-order valence-electron chi connectivity index (χ0n) is 17.4. The van der Waals surface area contributed by atoms with Crippen LogP contribution in [0.3, 0.4) is 0 Å². The molecule has 0 saturated heterocycles. The van der Waals surface area contributed by atoms with Crippen LogP contribution in [-0.2, 0) is 0 Å². The Kier molecular flexibility index (Phi) is 3.58. The molecule has 0 radical (unpaired) electrons. The Morgan fingerprint density at radius 3 is 1.91 bits per heavy atom. The highest BCUT2D eigenvalue weighted by Gasteiger charge is 2.16. The van der Waals surface area contributed by atoms with Crippen LogP contribution in [0.15, 0.2) is 115 Å². The predicted molar refractivity (Wildman–Crippen MR) is 136 cm³/mol. The summed E-state index contributed by atoms with van der Waals surface area (Å²) >= 11 is 0. The summed E-state index contributed by atoms with van der Waals surface area (Å²) in [6, 6.07) is 41.3. The standard InChI is InChI=1S/C30H20N2/c1-2-9-20(10-3-1)21-17-18-25-24(19-21)30-26(31-25)13-8-16-29(30)32-27-14-6-4-11-22(27)23-12-5-7-15-28(23)32/h1-19,31H. The highest BCUT2D eigenvalue weighted by Crippen LogP contribution is 2.38. The lowest BCUT2D eigenvalue weighted by Gasteiger charge is -2.10. The first-order valence-corrected chi connectivity index (χ1v) is 11.0. The Balaban J connectivity index is 1.61. The molecule has 2 nitrogen and oxygen atoms in total. The minimum Gasteiger partial charge on any atom is -0.354 e. The van der Waals surface area contributed by atoms with Crippen LogP contribution in [0.1, 0.15) is 0 Å². The molecule has 1 N–H and O–H groups in total. The van der Waals surface area contributed by atoms with Crippen LogP contribution in [0.5, 0.6) is 0 Å². The minimum absolute atomic E-state index is 1.16. The van der Waals surface area contributed by atoms with Crippen molar-refractivity contribution in [2.24, 2.45) is 0 Å². The van der Waals surface area contributed by atoms with E-state index in [0.717, 1.165) is 11.0 Å². The molecular formula is C30H20N2. The number of nitrogens with one attached hydrogen (secondary N) is 1. The number of aromatic amines is 1. The molecule has 32 heavy (non-hydrogen) atoms. The summed E-state index contributed by atoms with van der Waals surface area (Å²) in [6.07, 6.45) is 0. The third-order valence-corrected chi connectivity index (χ3v) is 6.53. The number of H-pyrrole nitrogens is 1. The van der Waals surface area contributed by atoms with Crippen molar-refractivity contribution >= 4 is 43.6 Å². The van der Waals surface area contributed by atoms with Gasteiger partial charge in [0.15, 0.2) is 0 Å². The first-order valence-electron chi connectivity index (χ1n) is 11.0. The van der Waals surface area contributed by atoms with E-state index in [1.807, 2.05) is 0 Å². The van der Waals surface area contributed by atoms with Crippen LogP contribution in [0.4, 0.5) is 0 Å². The van der Waals surface area contributed by atoms with Crippen molar-refractivity contribution in [3.8, 4) is 16.8 Å². The third kappa shape index (κ3) is 2.41. The topological polar surface area (TPSA) is 20.7 Å². The Labute approximate surface area is 185 Å². The van der Waals surface area contributed by atoms with E-state index in [9.17, 15) is 0 Å². The van der Waals surface area contributed by atoms with Crippen molar-refractivity contribution < 1.29 is 0 Å². The summed E-state index contributed by atoms with van der Waals surface area (Å²) in [4.78, 5) is 3.64. The van der Waals surface area contributed by atoms with Gasteiger partial charge in [0.05, 0.1) is 16.7 Å². The van der Waals surface area contributed by atoms with E-state index in [1.54, 1.807) is 0 Å². The van der Waals surface area contributed by atoms with Crippen LogP contribution >= 0.6 is 0 Å². The van der Waals surface area contributed by atoms with Gasteiger partial charge >= 0.3 is 0 Å². The SMILES string of the molecule is c1ccc(-c2ccc3[nH]c4cccc(-n5c6ccccc6c6ccccc65)c4c3c2)cc1. The summed E-state index contributed by atoms with van der Waals surface area (Å²) in [5.74, 6) is 0. The normalized spacial score (nSPS) is 11.8. The fourth-order valence-corrected chi connectivity index (χ4v) is 5.11. The van der Waals surface area contributed by atoms with Gasteiger partial charge in [-0.2, -0.15) is 0 Å². The van der Waals surface area contributed by atoms with Crippen molar-refractivity contribution in [3.63, 3.8) is 0 Å². The second-order valence-corrected chi connectivity index (χ2v) is 8.32. The molecule has 7 rings (SSSR count). The predicted octanol–water partition coefficient (Wildman–Crippen LogP) is 8.09. The lowest BCUT2D eigenvalue weighted by Crippen LogP contribution is -1.94. The van der Waals surface area contributed by atoms with Crippen molar-refractivity contribution in [1.29, 1.82) is 0 Å². The molecule has 0 aliphatic carbocycles. The molecule has 0 saturated carbocycles.